The molecule has 0 aliphatic heterocycles. The van der Waals surface area contributed by atoms with Crippen molar-refractivity contribution in [2.45, 2.75) is 16.7 Å². The molecule has 1 aromatic carbocycles. The van der Waals surface area contributed by atoms with E-state index in [1.807, 2.05) is 30.3 Å². The van der Waals surface area contributed by atoms with Gasteiger partial charge < -0.3 is 14.1 Å². The number of benzene rings is 1. The van der Waals surface area contributed by atoms with Crippen molar-refractivity contribution >= 4 is 28.8 Å². The summed E-state index contributed by atoms with van der Waals surface area (Å²) in [4.78, 5) is 16.9. The number of esters is 1. The Kier molecular flexibility index (Phi) is 3.52. The summed E-state index contributed by atoms with van der Waals surface area (Å²) in [5, 5.41) is 0. The zero-order valence-electron chi connectivity index (χ0n) is 10.9. The number of carbonyl (C=O) groups excluding carboxylic acids is 1. The van der Waals surface area contributed by atoms with Gasteiger partial charge in [0.05, 0.1) is 23.3 Å². The van der Waals surface area contributed by atoms with Gasteiger partial charge in [0.15, 0.2) is 5.58 Å². The van der Waals surface area contributed by atoms with Crippen molar-refractivity contribution < 1.29 is 13.9 Å². The maximum Gasteiger partial charge on any atom is 0.356 e. The Morgan fingerprint density at radius 3 is 2.85 bits per heavy atom. The van der Waals surface area contributed by atoms with Gasteiger partial charge in [0, 0.05) is 11.0 Å². The van der Waals surface area contributed by atoms with E-state index in [1.54, 1.807) is 19.3 Å². The van der Waals surface area contributed by atoms with Gasteiger partial charge in [-0.1, -0.05) is 30.0 Å². The second-order valence-corrected chi connectivity index (χ2v) is 5.21. The second kappa shape index (κ2) is 5.46. The van der Waals surface area contributed by atoms with Gasteiger partial charge in [0.25, 0.3) is 0 Å². The topological polar surface area (TPSA) is 55.2 Å². The normalized spacial score (nSPS) is 10.8. The summed E-state index contributed by atoms with van der Waals surface area (Å²) < 4.78 is 10.6. The van der Waals surface area contributed by atoms with Crippen molar-refractivity contribution in [1.29, 1.82) is 0 Å². The molecular weight excluding hydrogens is 274 g/mol. The van der Waals surface area contributed by atoms with Crippen LogP contribution < -0.4 is 0 Å². The van der Waals surface area contributed by atoms with Crippen LogP contribution >= 0.6 is 11.8 Å². The summed E-state index contributed by atoms with van der Waals surface area (Å²) in [6.07, 6.45) is 1.60. The summed E-state index contributed by atoms with van der Waals surface area (Å²) in [7, 11) is 0. The number of carbonyl (C=O) groups is 1. The van der Waals surface area contributed by atoms with Crippen LogP contribution in [-0.4, -0.2) is 17.6 Å². The fourth-order valence-electron chi connectivity index (χ4n) is 1.94. The predicted molar refractivity (Wildman–Crippen MR) is 77.1 cm³/mol. The number of aromatic nitrogens is 1. The molecule has 0 amide bonds. The van der Waals surface area contributed by atoms with Crippen LogP contribution in [0.2, 0.25) is 0 Å². The van der Waals surface area contributed by atoms with E-state index >= 15 is 0 Å². The van der Waals surface area contributed by atoms with E-state index in [1.165, 1.54) is 11.8 Å². The van der Waals surface area contributed by atoms with Crippen LogP contribution in [0.15, 0.2) is 56.9 Å². The predicted octanol–water partition coefficient (Wildman–Crippen LogP) is 4.09. The molecule has 0 atom stereocenters. The first kappa shape index (κ1) is 12.9. The molecule has 102 valence electrons. The fraction of sp³-hybridized carbons (Fsp3) is 0.133. The molecule has 3 aromatic rings. The number of aromatic amines is 1. The van der Waals surface area contributed by atoms with E-state index in [0.29, 0.717) is 17.9 Å². The van der Waals surface area contributed by atoms with E-state index in [0.717, 1.165) is 15.3 Å². The van der Waals surface area contributed by atoms with Crippen LogP contribution in [0.25, 0.3) is 11.1 Å². The molecule has 0 radical (unpaired) electrons. The lowest BCUT2D eigenvalue weighted by atomic mass is 10.4. The number of nitrogens with one attached hydrogen (secondary N) is 1. The van der Waals surface area contributed by atoms with Gasteiger partial charge in [0.1, 0.15) is 5.69 Å². The smallest absolute Gasteiger partial charge is 0.356 e. The maximum atomic E-state index is 12.0. The third-order valence-corrected chi connectivity index (χ3v) is 3.90. The van der Waals surface area contributed by atoms with E-state index in [2.05, 4.69) is 4.98 Å². The summed E-state index contributed by atoms with van der Waals surface area (Å²) >= 11 is 1.48. The number of hydrogen-bond donors (Lipinski definition) is 1. The van der Waals surface area contributed by atoms with Gasteiger partial charge >= 0.3 is 5.97 Å². The number of fused-ring (bicyclic) bond motifs is 1. The molecule has 4 nitrogen and oxygen atoms in total. The molecule has 0 saturated heterocycles. The standard InChI is InChI=1S/C15H13NO3S/c1-2-18-15(17)12-14(13-11(16-12)8-9-19-13)20-10-6-4-3-5-7-10/h3-9,16H,2H2,1H3. The average molecular weight is 287 g/mol. The summed E-state index contributed by atoms with van der Waals surface area (Å²) in [6, 6.07) is 11.6. The lowest BCUT2D eigenvalue weighted by Gasteiger charge is -2.03. The molecule has 2 aromatic heterocycles. The fourth-order valence-corrected chi connectivity index (χ4v) is 2.96. The van der Waals surface area contributed by atoms with Crippen LogP contribution in [-0.2, 0) is 4.74 Å². The van der Waals surface area contributed by atoms with Crippen LogP contribution in [0.1, 0.15) is 17.4 Å². The molecule has 0 fully saturated rings. The first-order valence-corrected chi connectivity index (χ1v) is 7.10. The summed E-state index contributed by atoms with van der Waals surface area (Å²) in [5.74, 6) is -0.364. The molecule has 0 aliphatic rings. The maximum absolute atomic E-state index is 12.0. The van der Waals surface area contributed by atoms with Crippen LogP contribution in [0.5, 0.6) is 0 Å². The van der Waals surface area contributed by atoms with Crippen molar-refractivity contribution in [1.82, 2.24) is 4.98 Å². The third kappa shape index (κ3) is 2.32. The van der Waals surface area contributed by atoms with Gasteiger partial charge in [-0.25, -0.2) is 4.79 Å². The minimum Gasteiger partial charge on any atom is -0.461 e. The third-order valence-electron chi connectivity index (χ3n) is 2.80. The minimum absolute atomic E-state index is 0.342. The largest absolute Gasteiger partial charge is 0.461 e. The Bertz CT molecular complexity index is 730. The monoisotopic (exact) mass is 287 g/mol. The quantitative estimate of drug-likeness (QED) is 0.734. The first-order valence-electron chi connectivity index (χ1n) is 6.28. The Hall–Kier alpha value is -2.14. The Morgan fingerprint density at radius 2 is 2.10 bits per heavy atom. The molecule has 0 unspecified atom stereocenters. The van der Waals surface area contributed by atoms with Gasteiger partial charge in [0.2, 0.25) is 0 Å². The molecular formula is C15H13NO3S. The molecule has 20 heavy (non-hydrogen) atoms. The number of ether oxygens (including phenoxy) is 1. The molecule has 0 aliphatic carbocycles. The minimum atomic E-state index is -0.364. The molecule has 0 saturated carbocycles. The second-order valence-electron chi connectivity index (χ2n) is 4.13. The highest BCUT2D eigenvalue weighted by atomic mass is 32.2. The van der Waals surface area contributed by atoms with E-state index in [4.69, 9.17) is 9.15 Å². The van der Waals surface area contributed by atoms with Gasteiger partial charge in [-0.2, -0.15) is 0 Å². The summed E-state index contributed by atoms with van der Waals surface area (Å²) in [5.41, 5.74) is 1.92. The lowest BCUT2D eigenvalue weighted by molar-refractivity contribution is 0.0516. The van der Waals surface area contributed by atoms with Crippen molar-refractivity contribution in [3.8, 4) is 0 Å². The molecule has 0 spiro atoms. The highest BCUT2D eigenvalue weighted by molar-refractivity contribution is 7.99. The van der Waals surface area contributed by atoms with Crippen molar-refractivity contribution in [2.24, 2.45) is 0 Å². The van der Waals surface area contributed by atoms with Crippen LogP contribution in [0.3, 0.4) is 0 Å². The molecule has 5 heteroatoms. The zero-order chi connectivity index (χ0) is 13.9. The van der Waals surface area contributed by atoms with E-state index < -0.39 is 0 Å². The Morgan fingerprint density at radius 1 is 1.30 bits per heavy atom. The summed E-state index contributed by atoms with van der Waals surface area (Å²) in [6.45, 7) is 2.13. The van der Waals surface area contributed by atoms with Gasteiger partial charge in [-0.05, 0) is 19.1 Å². The molecule has 0 bridgehead atoms. The van der Waals surface area contributed by atoms with Crippen LogP contribution in [0, 0.1) is 0 Å². The zero-order valence-corrected chi connectivity index (χ0v) is 11.7. The first-order chi connectivity index (χ1) is 9.79. The van der Waals surface area contributed by atoms with Crippen molar-refractivity contribution in [3.63, 3.8) is 0 Å². The SMILES string of the molecule is CCOC(=O)c1[nH]c2ccoc2c1Sc1ccccc1. The highest BCUT2D eigenvalue weighted by Crippen LogP contribution is 2.37. The number of furan rings is 1. The van der Waals surface area contributed by atoms with Crippen molar-refractivity contribution in [3.05, 3.63) is 48.4 Å². The number of hydrogen-bond acceptors (Lipinski definition) is 4. The Balaban J connectivity index is 2.04. The van der Waals surface area contributed by atoms with E-state index in [9.17, 15) is 4.79 Å². The highest BCUT2D eigenvalue weighted by Gasteiger charge is 2.21. The van der Waals surface area contributed by atoms with Crippen molar-refractivity contribution in [2.75, 3.05) is 6.61 Å². The number of rotatable bonds is 4. The average Bonchev–Trinajstić information content (AvgIpc) is 3.03. The lowest BCUT2D eigenvalue weighted by Crippen LogP contribution is -2.06. The Labute approximate surface area is 120 Å². The van der Waals surface area contributed by atoms with E-state index in [-0.39, 0.29) is 5.97 Å². The molecule has 3 rings (SSSR count). The number of H-pyrrole nitrogens is 1. The van der Waals surface area contributed by atoms with Crippen LogP contribution in [0.4, 0.5) is 0 Å². The molecule has 2 heterocycles. The molecule has 1 N–H and O–H groups in total. The van der Waals surface area contributed by atoms with Gasteiger partial charge in [-0.3, -0.25) is 0 Å². The van der Waals surface area contributed by atoms with Gasteiger partial charge in [-0.15, -0.1) is 0 Å².